The lowest BCUT2D eigenvalue weighted by Crippen LogP contribution is -2.22. The Hall–Kier alpha value is -2.21. The zero-order chi connectivity index (χ0) is 12.5. The second kappa shape index (κ2) is 4.23. The molecule has 6 heteroatoms. The van der Waals surface area contributed by atoms with Gasteiger partial charge in [-0.1, -0.05) is 17.3 Å². The molecule has 1 aromatic carbocycles. The lowest BCUT2D eigenvalue weighted by atomic mass is 10.2. The molecule has 0 fully saturated rings. The molecule has 3 rings (SSSR count). The first-order valence-corrected chi connectivity index (χ1v) is 5.77. The first-order chi connectivity index (χ1) is 8.75. The van der Waals surface area contributed by atoms with E-state index in [-0.39, 0.29) is 5.56 Å². The van der Waals surface area contributed by atoms with Crippen LogP contribution in [0.15, 0.2) is 45.9 Å². The summed E-state index contributed by atoms with van der Waals surface area (Å²) in [6.07, 6.45) is 1.47. The van der Waals surface area contributed by atoms with E-state index in [1.807, 2.05) is 18.2 Å². The zero-order valence-electron chi connectivity index (χ0n) is 9.29. The van der Waals surface area contributed by atoms with Gasteiger partial charge in [0, 0.05) is 6.07 Å². The number of aromatic amines is 1. The van der Waals surface area contributed by atoms with Crippen LogP contribution in [0.5, 0.6) is 0 Å². The quantitative estimate of drug-likeness (QED) is 0.716. The molecule has 90 valence electrons. The summed E-state index contributed by atoms with van der Waals surface area (Å²) in [4.78, 5) is 15.3. The molecule has 2 heterocycles. The number of para-hydroxylation sites is 1. The standard InChI is InChI=1S/C12H9N3O2S/c16-11-9-3-1-2-4-10(9)13-12(18)15(11)7-8-5-6-17-14-8/h1-6H,7H2,(H,13,18). The predicted octanol–water partition coefficient (Wildman–Crippen LogP) is 2.10. The fourth-order valence-corrected chi connectivity index (χ4v) is 2.08. The zero-order valence-corrected chi connectivity index (χ0v) is 10.1. The van der Waals surface area contributed by atoms with Crippen molar-refractivity contribution in [3.8, 4) is 0 Å². The van der Waals surface area contributed by atoms with Crippen molar-refractivity contribution in [3.63, 3.8) is 0 Å². The molecule has 0 radical (unpaired) electrons. The summed E-state index contributed by atoms with van der Waals surface area (Å²) >= 11 is 5.19. The van der Waals surface area contributed by atoms with Crippen molar-refractivity contribution in [2.45, 2.75) is 6.54 Å². The maximum Gasteiger partial charge on any atom is 0.262 e. The molecule has 0 atom stereocenters. The number of H-pyrrole nitrogens is 1. The van der Waals surface area contributed by atoms with Gasteiger partial charge in [-0.05, 0) is 24.4 Å². The summed E-state index contributed by atoms with van der Waals surface area (Å²) in [5.41, 5.74) is 1.27. The molecule has 0 saturated heterocycles. The van der Waals surface area contributed by atoms with Gasteiger partial charge in [-0.25, -0.2) is 0 Å². The van der Waals surface area contributed by atoms with E-state index in [2.05, 4.69) is 10.1 Å². The number of nitrogens with zero attached hydrogens (tertiary/aromatic N) is 2. The number of nitrogens with one attached hydrogen (secondary N) is 1. The highest BCUT2D eigenvalue weighted by Gasteiger charge is 2.06. The van der Waals surface area contributed by atoms with Crippen LogP contribution in [0.25, 0.3) is 10.9 Å². The van der Waals surface area contributed by atoms with Crippen molar-refractivity contribution < 1.29 is 4.52 Å². The van der Waals surface area contributed by atoms with E-state index in [0.29, 0.717) is 22.4 Å². The van der Waals surface area contributed by atoms with Crippen molar-refractivity contribution in [1.82, 2.24) is 14.7 Å². The number of benzene rings is 1. The third-order valence-electron chi connectivity index (χ3n) is 2.70. The Labute approximate surface area is 107 Å². The van der Waals surface area contributed by atoms with Crippen LogP contribution < -0.4 is 5.56 Å². The van der Waals surface area contributed by atoms with Gasteiger partial charge in [0.15, 0.2) is 4.77 Å². The largest absolute Gasteiger partial charge is 0.364 e. The second-order valence-corrected chi connectivity index (χ2v) is 4.24. The van der Waals surface area contributed by atoms with Gasteiger partial charge in [-0.2, -0.15) is 0 Å². The Balaban J connectivity index is 2.23. The maximum absolute atomic E-state index is 12.3. The molecule has 5 nitrogen and oxygen atoms in total. The van der Waals surface area contributed by atoms with E-state index in [1.165, 1.54) is 10.8 Å². The third-order valence-corrected chi connectivity index (χ3v) is 3.02. The SMILES string of the molecule is O=c1c2ccccc2[nH]c(=S)n1Cc1ccon1. The van der Waals surface area contributed by atoms with Gasteiger partial charge in [0.25, 0.3) is 5.56 Å². The Kier molecular flexibility index (Phi) is 2.56. The molecule has 18 heavy (non-hydrogen) atoms. The summed E-state index contributed by atoms with van der Waals surface area (Å²) in [5.74, 6) is 0. The second-order valence-electron chi connectivity index (χ2n) is 3.86. The van der Waals surface area contributed by atoms with Crippen LogP contribution in [0, 0.1) is 4.77 Å². The fraction of sp³-hybridized carbons (Fsp3) is 0.0833. The predicted molar refractivity (Wildman–Crippen MR) is 69.0 cm³/mol. The van der Waals surface area contributed by atoms with Crippen molar-refractivity contribution in [2.75, 3.05) is 0 Å². The van der Waals surface area contributed by atoms with Crippen molar-refractivity contribution >= 4 is 23.1 Å². The lowest BCUT2D eigenvalue weighted by molar-refractivity contribution is 0.409. The summed E-state index contributed by atoms with van der Waals surface area (Å²) < 4.78 is 6.59. The normalized spacial score (nSPS) is 10.9. The maximum atomic E-state index is 12.3. The van der Waals surface area contributed by atoms with Gasteiger partial charge in [-0.3, -0.25) is 9.36 Å². The molecular weight excluding hydrogens is 250 g/mol. The summed E-state index contributed by atoms with van der Waals surface area (Å²) in [6, 6.07) is 8.97. The molecule has 0 aliphatic carbocycles. The first kappa shape index (κ1) is 10.9. The monoisotopic (exact) mass is 259 g/mol. The molecule has 3 aromatic rings. The number of rotatable bonds is 2. The minimum atomic E-state index is -0.127. The van der Waals surface area contributed by atoms with Gasteiger partial charge in [0.2, 0.25) is 0 Å². The molecule has 0 aliphatic rings. The highest BCUT2D eigenvalue weighted by atomic mass is 32.1. The van der Waals surface area contributed by atoms with Gasteiger partial charge < -0.3 is 9.51 Å². The molecule has 0 spiro atoms. The van der Waals surface area contributed by atoms with E-state index in [9.17, 15) is 4.79 Å². The summed E-state index contributed by atoms with van der Waals surface area (Å²) in [6.45, 7) is 0.301. The number of fused-ring (bicyclic) bond motifs is 1. The fourth-order valence-electron chi connectivity index (χ4n) is 1.82. The minimum Gasteiger partial charge on any atom is -0.364 e. The Bertz CT molecular complexity index is 802. The lowest BCUT2D eigenvalue weighted by Gasteiger charge is -2.05. The van der Waals surface area contributed by atoms with Gasteiger partial charge in [-0.15, -0.1) is 0 Å². The average Bonchev–Trinajstić information content (AvgIpc) is 2.87. The molecule has 2 aromatic heterocycles. The third kappa shape index (κ3) is 1.76. The summed E-state index contributed by atoms with van der Waals surface area (Å²) in [5, 5.41) is 4.39. The van der Waals surface area contributed by atoms with Crippen molar-refractivity contribution in [1.29, 1.82) is 0 Å². The van der Waals surface area contributed by atoms with E-state index in [1.54, 1.807) is 12.1 Å². The summed E-state index contributed by atoms with van der Waals surface area (Å²) in [7, 11) is 0. The van der Waals surface area contributed by atoms with E-state index >= 15 is 0 Å². The van der Waals surface area contributed by atoms with Gasteiger partial charge in [0.1, 0.15) is 12.0 Å². The van der Waals surface area contributed by atoms with Crippen LogP contribution in [0.1, 0.15) is 5.69 Å². The molecule has 0 bridgehead atoms. The molecule has 0 unspecified atom stereocenters. The number of hydrogen-bond acceptors (Lipinski definition) is 4. The van der Waals surface area contributed by atoms with Crippen LogP contribution in [0.4, 0.5) is 0 Å². The molecule has 1 N–H and O–H groups in total. The van der Waals surface area contributed by atoms with Crippen LogP contribution in [-0.2, 0) is 6.54 Å². The average molecular weight is 259 g/mol. The van der Waals surface area contributed by atoms with Gasteiger partial charge in [0.05, 0.1) is 17.4 Å². The molecule has 0 aliphatic heterocycles. The van der Waals surface area contributed by atoms with E-state index in [4.69, 9.17) is 16.7 Å². The van der Waals surface area contributed by atoms with Crippen LogP contribution in [0.3, 0.4) is 0 Å². The van der Waals surface area contributed by atoms with E-state index < -0.39 is 0 Å². The number of hydrogen-bond donors (Lipinski definition) is 1. The van der Waals surface area contributed by atoms with Crippen molar-refractivity contribution in [3.05, 3.63) is 57.4 Å². The van der Waals surface area contributed by atoms with Crippen LogP contribution >= 0.6 is 12.2 Å². The first-order valence-electron chi connectivity index (χ1n) is 5.37. The number of aromatic nitrogens is 3. The Morgan fingerprint density at radius 2 is 2.17 bits per heavy atom. The van der Waals surface area contributed by atoms with E-state index in [0.717, 1.165) is 5.52 Å². The van der Waals surface area contributed by atoms with Crippen LogP contribution in [-0.4, -0.2) is 14.7 Å². The minimum absolute atomic E-state index is 0.127. The molecule has 0 amide bonds. The molecular formula is C12H9N3O2S. The highest BCUT2D eigenvalue weighted by molar-refractivity contribution is 7.71. The van der Waals surface area contributed by atoms with Crippen molar-refractivity contribution in [2.24, 2.45) is 0 Å². The topological polar surface area (TPSA) is 63.8 Å². The Morgan fingerprint density at radius 3 is 2.94 bits per heavy atom. The smallest absolute Gasteiger partial charge is 0.262 e. The molecule has 0 saturated carbocycles. The van der Waals surface area contributed by atoms with Gasteiger partial charge >= 0.3 is 0 Å². The van der Waals surface area contributed by atoms with Crippen LogP contribution in [0.2, 0.25) is 0 Å². The Morgan fingerprint density at radius 1 is 1.33 bits per heavy atom. The highest BCUT2D eigenvalue weighted by Crippen LogP contribution is 2.07.